The Bertz CT molecular complexity index is 658. The summed E-state index contributed by atoms with van der Waals surface area (Å²) in [4.78, 5) is 11.8. The highest BCUT2D eigenvalue weighted by Gasteiger charge is 2.15. The van der Waals surface area contributed by atoms with Crippen molar-refractivity contribution in [2.24, 2.45) is 0 Å². The molecular weight excluding hydrogens is 254 g/mol. The molecule has 0 radical (unpaired) electrons. The van der Waals surface area contributed by atoms with Crippen molar-refractivity contribution in [3.63, 3.8) is 0 Å². The average molecular weight is 271 g/mol. The molecule has 20 heavy (non-hydrogen) atoms. The monoisotopic (exact) mass is 271 g/mol. The quantitative estimate of drug-likeness (QED) is 0.806. The summed E-state index contributed by atoms with van der Waals surface area (Å²) in [6.07, 6.45) is 2.78. The second-order valence-corrected chi connectivity index (χ2v) is 4.85. The Morgan fingerprint density at radius 3 is 3.05 bits per heavy atom. The average Bonchev–Trinajstić information content (AvgIpc) is 3.04. The van der Waals surface area contributed by atoms with Crippen molar-refractivity contribution in [3.8, 4) is 11.4 Å². The van der Waals surface area contributed by atoms with Gasteiger partial charge in [0.05, 0.1) is 18.8 Å². The van der Waals surface area contributed by atoms with Gasteiger partial charge in [0.15, 0.2) is 0 Å². The number of hydrogen-bond acceptors (Lipinski definition) is 3. The summed E-state index contributed by atoms with van der Waals surface area (Å²) in [5.41, 5.74) is 3.81. The highest BCUT2D eigenvalue weighted by Crippen LogP contribution is 2.28. The summed E-state index contributed by atoms with van der Waals surface area (Å²) in [6, 6.07) is 7.99. The fraction of sp³-hybridized carbons (Fsp3) is 0.312. The standard InChI is InChI=1S/C16H17NO3/c1-3-19-16(18)13-8-11(2)17(10-13)14-5-4-12-6-7-20-15(12)9-14/h4-5,8-10H,3,6-7H2,1-2H3. The van der Waals surface area contributed by atoms with Gasteiger partial charge in [-0.05, 0) is 31.5 Å². The first kappa shape index (κ1) is 12.8. The van der Waals surface area contributed by atoms with Crippen molar-refractivity contribution in [3.05, 3.63) is 47.3 Å². The van der Waals surface area contributed by atoms with Gasteiger partial charge in [-0.15, -0.1) is 0 Å². The second-order valence-electron chi connectivity index (χ2n) is 4.85. The van der Waals surface area contributed by atoms with Gasteiger partial charge in [0.1, 0.15) is 5.75 Å². The van der Waals surface area contributed by atoms with Crippen LogP contribution in [0.3, 0.4) is 0 Å². The summed E-state index contributed by atoms with van der Waals surface area (Å²) in [6.45, 7) is 4.91. The highest BCUT2D eigenvalue weighted by atomic mass is 16.5. The van der Waals surface area contributed by atoms with E-state index in [0.717, 1.165) is 30.2 Å². The zero-order chi connectivity index (χ0) is 14.1. The largest absolute Gasteiger partial charge is 0.493 e. The van der Waals surface area contributed by atoms with Gasteiger partial charge in [-0.3, -0.25) is 0 Å². The number of esters is 1. The zero-order valence-corrected chi connectivity index (χ0v) is 11.7. The van der Waals surface area contributed by atoms with E-state index in [-0.39, 0.29) is 5.97 Å². The van der Waals surface area contributed by atoms with Crippen molar-refractivity contribution >= 4 is 5.97 Å². The molecule has 0 aliphatic carbocycles. The van der Waals surface area contributed by atoms with E-state index in [1.807, 2.05) is 29.8 Å². The van der Waals surface area contributed by atoms with Gasteiger partial charge in [-0.2, -0.15) is 0 Å². The van der Waals surface area contributed by atoms with Crippen LogP contribution in [0.2, 0.25) is 0 Å². The van der Waals surface area contributed by atoms with E-state index in [9.17, 15) is 4.79 Å². The van der Waals surface area contributed by atoms with Crippen LogP contribution in [0.4, 0.5) is 0 Å². The Hall–Kier alpha value is -2.23. The number of nitrogens with zero attached hydrogens (tertiary/aromatic N) is 1. The minimum Gasteiger partial charge on any atom is -0.493 e. The maximum Gasteiger partial charge on any atom is 0.339 e. The molecule has 1 aromatic heterocycles. The van der Waals surface area contributed by atoms with Gasteiger partial charge in [0.2, 0.25) is 0 Å². The van der Waals surface area contributed by atoms with E-state index in [4.69, 9.17) is 9.47 Å². The molecule has 0 amide bonds. The van der Waals surface area contributed by atoms with Crippen molar-refractivity contribution in [2.75, 3.05) is 13.2 Å². The lowest BCUT2D eigenvalue weighted by atomic mass is 10.1. The minimum absolute atomic E-state index is 0.285. The number of fused-ring (bicyclic) bond motifs is 1. The van der Waals surface area contributed by atoms with Gasteiger partial charge in [-0.25, -0.2) is 4.79 Å². The van der Waals surface area contributed by atoms with Crippen LogP contribution >= 0.6 is 0 Å². The number of rotatable bonds is 3. The summed E-state index contributed by atoms with van der Waals surface area (Å²) < 4.78 is 12.6. The van der Waals surface area contributed by atoms with Crippen LogP contribution in [0.5, 0.6) is 5.75 Å². The molecule has 4 heteroatoms. The topological polar surface area (TPSA) is 40.5 Å². The number of carbonyl (C=O) groups is 1. The summed E-state index contributed by atoms with van der Waals surface area (Å²) in [5, 5.41) is 0. The molecule has 1 aliphatic rings. The van der Waals surface area contributed by atoms with Gasteiger partial charge in [-0.1, -0.05) is 6.07 Å². The normalized spacial score (nSPS) is 12.9. The molecule has 2 aromatic rings. The van der Waals surface area contributed by atoms with Gasteiger partial charge in [0, 0.05) is 30.1 Å². The first-order chi connectivity index (χ1) is 9.69. The van der Waals surface area contributed by atoms with E-state index < -0.39 is 0 Å². The Kier molecular flexibility index (Phi) is 3.22. The maximum atomic E-state index is 11.8. The van der Waals surface area contributed by atoms with Gasteiger partial charge < -0.3 is 14.0 Å². The number of aromatic nitrogens is 1. The number of hydrogen-bond donors (Lipinski definition) is 0. The van der Waals surface area contributed by atoms with Crippen LogP contribution < -0.4 is 4.74 Å². The Labute approximate surface area is 117 Å². The SMILES string of the molecule is CCOC(=O)c1cc(C)n(-c2ccc3c(c2)OCC3)c1. The third-order valence-corrected chi connectivity index (χ3v) is 3.48. The molecule has 0 bridgehead atoms. The van der Waals surface area contributed by atoms with E-state index >= 15 is 0 Å². The molecule has 0 N–H and O–H groups in total. The van der Waals surface area contributed by atoms with Crippen molar-refractivity contribution in [2.45, 2.75) is 20.3 Å². The molecule has 1 aromatic carbocycles. The molecular formula is C16H17NO3. The Morgan fingerprint density at radius 1 is 1.40 bits per heavy atom. The Morgan fingerprint density at radius 2 is 2.25 bits per heavy atom. The molecule has 2 heterocycles. The Balaban J connectivity index is 1.96. The molecule has 104 valence electrons. The predicted molar refractivity (Wildman–Crippen MR) is 75.7 cm³/mol. The van der Waals surface area contributed by atoms with E-state index in [0.29, 0.717) is 12.2 Å². The third-order valence-electron chi connectivity index (χ3n) is 3.48. The van der Waals surface area contributed by atoms with Crippen molar-refractivity contribution < 1.29 is 14.3 Å². The lowest BCUT2D eigenvalue weighted by Crippen LogP contribution is -2.03. The van der Waals surface area contributed by atoms with Crippen LogP contribution in [0.15, 0.2) is 30.5 Å². The van der Waals surface area contributed by atoms with Crippen molar-refractivity contribution in [1.82, 2.24) is 4.57 Å². The molecule has 0 unspecified atom stereocenters. The van der Waals surface area contributed by atoms with Crippen LogP contribution in [-0.2, 0) is 11.2 Å². The lowest BCUT2D eigenvalue weighted by Gasteiger charge is -2.08. The zero-order valence-electron chi connectivity index (χ0n) is 11.7. The highest BCUT2D eigenvalue weighted by molar-refractivity contribution is 5.89. The second kappa shape index (κ2) is 5.04. The number of aryl methyl sites for hydroxylation is 1. The van der Waals surface area contributed by atoms with Crippen molar-refractivity contribution in [1.29, 1.82) is 0 Å². The molecule has 0 saturated carbocycles. The third kappa shape index (κ3) is 2.18. The number of carbonyl (C=O) groups excluding carboxylic acids is 1. The molecule has 0 spiro atoms. The van der Waals surface area contributed by atoms with Crippen LogP contribution in [-0.4, -0.2) is 23.8 Å². The van der Waals surface area contributed by atoms with E-state index in [1.165, 1.54) is 5.56 Å². The predicted octanol–water partition coefficient (Wildman–Crippen LogP) is 2.90. The molecule has 0 atom stereocenters. The van der Waals surface area contributed by atoms with Crippen LogP contribution in [0.1, 0.15) is 28.5 Å². The van der Waals surface area contributed by atoms with Crippen LogP contribution in [0, 0.1) is 6.92 Å². The van der Waals surface area contributed by atoms with E-state index in [1.54, 1.807) is 6.92 Å². The summed E-state index contributed by atoms with van der Waals surface area (Å²) >= 11 is 0. The summed E-state index contributed by atoms with van der Waals surface area (Å²) in [5.74, 6) is 0.653. The first-order valence-corrected chi connectivity index (χ1v) is 6.81. The number of benzene rings is 1. The van der Waals surface area contributed by atoms with Gasteiger partial charge in [0.25, 0.3) is 0 Å². The molecule has 3 rings (SSSR count). The van der Waals surface area contributed by atoms with E-state index in [2.05, 4.69) is 12.1 Å². The fourth-order valence-corrected chi connectivity index (χ4v) is 2.48. The molecule has 0 fully saturated rings. The molecule has 1 aliphatic heterocycles. The molecule has 0 saturated heterocycles. The fourth-order valence-electron chi connectivity index (χ4n) is 2.48. The maximum absolute atomic E-state index is 11.8. The smallest absolute Gasteiger partial charge is 0.339 e. The van der Waals surface area contributed by atoms with Gasteiger partial charge >= 0.3 is 5.97 Å². The number of ether oxygens (including phenoxy) is 2. The first-order valence-electron chi connectivity index (χ1n) is 6.81. The van der Waals surface area contributed by atoms with Crippen LogP contribution in [0.25, 0.3) is 5.69 Å². The minimum atomic E-state index is -0.285. The summed E-state index contributed by atoms with van der Waals surface area (Å²) in [7, 11) is 0. The lowest BCUT2D eigenvalue weighted by molar-refractivity contribution is 0.0526. The molecule has 4 nitrogen and oxygen atoms in total.